The molecule has 1 amide bonds. The van der Waals surface area contributed by atoms with Crippen LogP contribution >= 0.6 is 15.9 Å². The van der Waals surface area contributed by atoms with Crippen LogP contribution in [-0.2, 0) is 11.9 Å². The third-order valence-electron chi connectivity index (χ3n) is 2.51. The summed E-state index contributed by atoms with van der Waals surface area (Å²) in [5.41, 5.74) is 2.63. The molecule has 1 aromatic carbocycles. The van der Waals surface area contributed by atoms with Crippen LogP contribution in [0.5, 0.6) is 0 Å². The van der Waals surface area contributed by atoms with Crippen molar-refractivity contribution in [3.05, 3.63) is 65.5 Å². The van der Waals surface area contributed by atoms with E-state index in [0.29, 0.717) is 12.1 Å². The lowest BCUT2D eigenvalue weighted by Crippen LogP contribution is -2.23. The second kappa shape index (κ2) is 6.31. The van der Waals surface area contributed by atoms with Gasteiger partial charge in [0.05, 0.1) is 12.2 Å². The SMILES string of the molecule is O=C(NCc1ccc(CBr)cn1)c1ccccc1. The van der Waals surface area contributed by atoms with Gasteiger partial charge in [-0.2, -0.15) is 0 Å². The van der Waals surface area contributed by atoms with Crippen molar-refractivity contribution in [3.8, 4) is 0 Å². The maximum atomic E-state index is 11.8. The molecule has 0 fully saturated rings. The molecule has 1 aromatic heterocycles. The minimum absolute atomic E-state index is 0.0815. The molecule has 1 heterocycles. The zero-order valence-corrected chi connectivity index (χ0v) is 11.4. The van der Waals surface area contributed by atoms with Gasteiger partial charge < -0.3 is 5.32 Å². The summed E-state index contributed by atoms with van der Waals surface area (Å²) in [6, 6.07) is 13.1. The van der Waals surface area contributed by atoms with Crippen LogP contribution in [-0.4, -0.2) is 10.9 Å². The van der Waals surface area contributed by atoms with Crippen LogP contribution in [0.2, 0.25) is 0 Å². The number of nitrogens with one attached hydrogen (secondary N) is 1. The van der Waals surface area contributed by atoms with Gasteiger partial charge in [-0.3, -0.25) is 9.78 Å². The van der Waals surface area contributed by atoms with E-state index in [9.17, 15) is 4.79 Å². The van der Waals surface area contributed by atoms with Crippen molar-refractivity contribution < 1.29 is 4.79 Å². The molecule has 0 aliphatic rings. The van der Waals surface area contributed by atoms with Crippen LogP contribution in [0.4, 0.5) is 0 Å². The number of halogens is 1. The van der Waals surface area contributed by atoms with Crippen LogP contribution in [0.3, 0.4) is 0 Å². The van der Waals surface area contributed by atoms with Gasteiger partial charge in [0.2, 0.25) is 0 Å². The summed E-state index contributed by atoms with van der Waals surface area (Å²) in [5.74, 6) is -0.0815. The number of carbonyl (C=O) groups excluding carboxylic acids is 1. The highest BCUT2D eigenvalue weighted by Gasteiger charge is 2.04. The lowest BCUT2D eigenvalue weighted by Gasteiger charge is -2.05. The van der Waals surface area contributed by atoms with Crippen molar-refractivity contribution in [3.63, 3.8) is 0 Å². The minimum Gasteiger partial charge on any atom is -0.346 e. The van der Waals surface area contributed by atoms with E-state index in [2.05, 4.69) is 26.2 Å². The first-order valence-corrected chi connectivity index (χ1v) is 6.75. The van der Waals surface area contributed by atoms with Gasteiger partial charge in [-0.15, -0.1) is 0 Å². The average Bonchev–Trinajstić information content (AvgIpc) is 2.46. The number of hydrogen-bond acceptors (Lipinski definition) is 2. The average molecular weight is 305 g/mol. The first-order chi connectivity index (χ1) is 8.79. The third-order valence-corrected chi connectivity index (χ3v) is 3.15. The molecule has 1 N–H and O–H groups in total. The molecule has 0 aliphatic heterocycles. The van der Waals surface area contributed by atoms with Gasteiger partial charge in [0, 0.05) is 17.1 Å². The van der Waals surface area contributed by atoms with E-state index in [4.69, 9.17) is 0 Å². The number of hydrogen-bond donors (Lipinski definition) is 1. The molecule has 0 saturated carbocycles. The van der Waals surface area contributed by atoms with Crippen molar-refractivity contribution in [1.82, 2.24) is 10.3 Å². The van der Waals surface area contributed by atoms with Crippen molar-refractivity contribution in [1.29, 1.82) is 0 Å². The van der Waals surface area contributed by atoms with Crippen molar-refractivity contribution in [2.24, 2.45) is 0 Å². The van der Waals surface area contributed by atoms with Crippen LogP contribution < -0.4 is 5.32 Å². The predicted octanol–water partition coefficient (Wildman–Crippen LogP) is 2.91. The lowest BCUT2D eigenvalue weighted by molar-refractivity contribution is 0.0950. The molecule has 4 heteroatoms. The second-order valence-corrected chi connectivity index (χ2v) is 4.40. The first-order valence-electron chi connectivity index (χ1n) is 5.62. The van der Waals surface area contributed by atoms with Gasteiger partial charge in [-0.1, -0.05) is 40.2 Å². The molecule has 0 spiro atoms. The number of carbonyl (C=O) groups is 1. The fourth-order valence-corrected chi connectivity index (χ4v) is 1.83. The summed E-state index contributed by atoms with van der Waals surface area (Å²) in [4.78, 5) is 16.1. The summed E-state index contributed by atoms with van der Waals surface area (Å²) in [7, 11) is 0. The Balaban J connectivity index is 1.93. The van der Waals surface area contributed by atoms with Gasteiger partial charge in [-0.25, -0.2) is 0 Å². The third kappa shape index (κ3) is 3.40. The van der Waals surface area contributed by atoms with Crippen LogP contribution in [0.25, 0.3) is 0 Å². The largest absolute Gasteiger partial charge is 0.346 e. The Morgan fingerprint density at radius 3 is 2.56 bits per heavy atom. The van der Waals surface area contributed by atoms with Gasteiger partial charge in [0.15, 0.2) is 0 Å². The highest BCUT2D eigenvalue weighted by Crippen LogP contribution is 2.05. The maximum absolute atomic E-state index is 11.8. The molecule has 0 unspecified atom stereocenters. The molecule has 0 aliphatic carbocycles. The Labute approximate surface area is 114 Å². The van der Waals surface area contributed by atoms with Gasteiger partial charge in [0.25, 0.3) is 5.91 Å². The Morgan fingerprint density at radius 1 is 1.17 bits per heavy atom. The Bertz CT molecular complexity index is 511. The molecule has 2 aromatic rings. The molecule has 0 radical (unpaired) electrons. The number of amides is 1. The Kier molecular flexibility index (Phi) is 4.47. The van der Waals surface area contributed by atoms with Crippen LogP contribution in [0.1, 0.15) is 21.6 Å². The summed E-state index contributed by atoms with van der Waals surface area (Å²) >= 11 is 3.37. The Morgan fingerprint density at radius 2 is 1.94 bits per heavy atom. The zero-order valence-electron chi connectivity index (χ0n) is 9.77. The first kappa shape index (κ1) is 12.8. The smallest absolute Gasteiger partial charge is 0.251 e. The second-order valence-electron chi connectivity index (χ2n) is 3.84. The summed E-state index contributed by atoms with van der Waals surface area (Å²) in [5, 5.41) is 3.63. The van der Waals surface area contributed by atoms with Crippen molar-refractivity contribution in [2.75, 3.05) is 0 Å². The Hall–Kier alpha value is -1.68. The van der Waals surface area contributed by atoms with E-state index in [1.165, 1.54) is 0 Å². The standard InChI is InChI=1S/C14H13BrN2O/c15-8-11-6-7-13(16-9-11)10-17-14(18)12-4-2-1-3-5-12/h1-7,9H,8,10H2,(H,17,18). The highest BCUT2D eigenvalue weighted by atomic mass is 79.9. The number of nitrogens with zero attached hydrogens (tertiary/aromatic N) is 1. The number of aromatic nitrogens is 1. The van der Waals surface area contributed by atoms with E-state index in [-0.39, 0.29) is 5.91 Å². The molecular formula is C14H13BrN2O. The van der Waals surface area contributed by atoms with Gasteiger partial charge in [-0.05, 0) is 23.8 Å². The number of pyridine rings is 1. The molecule has 18 heavy (non-hydrogen) atoms. The molecule has 3 nitrogen and oxygen atoms in total. The highest BCUT2D eigenvalue weighted by molar-refractivity contribution is 9.08. The van der Waals surface area contributed by atoms with E-state index in [1.807, 2.05) is 30.3 Å². The van der Waals surface area contributed by atoms with Gasteiger partial charge in [0.1, 0.15) is 0 Å². The fourth-order valence-electron chi connectivity index (χ4n) is 1.50. The number of benzene rings is 1. The molecule has 0 bridgehead atoms. The molecule has 92 valence electrons. The van der Waals surface area contributed by atoms with E-state index in [0.717, 1.165) is 16.6 Å². The molecular weight excluding hydrogens is 292 g/mol. The van der Waals surface area contributed by atoms with Crippen LogP contribution in [0, 0.1) is 0 Å². The molecule has 0 saturated heterocycles. The summed E-state index contributed by atoms with van der Waals surface area (Å²) in [6.45, 7) is 0.441. The summed E-state index contributed by atoms with van der Waals surface area (Å²) < 4.78 is 0. The number of rotatable bonds is 4. The zero-order chi connectivity index (χ0) is 12.8. The van der Waals surface area contributed by atoms with Crippen LogP contribution in [0.15, 0.2) is 48.7 Å². The van der Waals surface area contributed by atoms with Crippen molar-refractivity contribution >= 4 is 21.8 Å². The fraction of sp³-hybridized carbons (Fsp3) is 0.143. The number of alkyl halides is 1. The summed E-state index contributed by atoms with van der Waals surface area (Å²) in [6.07, 6.45) is 1.80. The maximum Gasteiger partial charge on any atom is 0.251 e. The van der Waals surface area contributed by atoms with E-state index < -0.39 is 0 Å². The lowest BCUT2D eigenvalue weighted by atomic mass is 10.2. The van der Waals surface area contributed by atoms with E-state index in [1.54, 1.807) is 18.3 Å². The van der Waals surface area contributed by atoms with Gasteiger partial charge >= 0.3 is 0 Å². The topological polar surface area (TPSA) is 42.0 Å². The molecule has 2 rings (SSSR count). The normalized spacial score (nSPS) is 10.1. The monoisotopic (exact) mass is 304 g/mol. The van der Waals surface area contributed by atoms with E-state index >= 15 is 0 Å². The minimum atomic E-state index is -0.0815. The quantitative estimate of drug-likeness (QED) is 0.883. The van der Waals surface area contributed by atoms with Crippen molar-refractivity contribution in [2.45, 2.75) is 11.9 Å². The predicted molar refractivity (Wildman–Crippen MR) is 74.5 cm³/mol. The molecule has 0 atom stereocenters.